The molecule has 0 aliphatic carbocycles. The molecule has 0 amide bonds. The molecule has 1 aromatic rings. The maximum absolute atomic E-state index is 13.8. The average Bonchev–Trinajstić information content (AvgIpc) is 2.41. The van der Waals surface area contributed by atoms with Gasteiger partial charge in [0.25, 0.3) is 12.1 Å². The zero-order valence-electron chi connectivity index (χ0n) is 11.4. The summed E-state index contributed by atoms with van der Waals surface area (Å²) in [6.45, 7) is 1.74. The van der Waals surface area contributed by atoms with E-state index in [2.05, 4.69) is 5.32 Å². The normalized spacial score (nSPS) is 16.5. The molecule has 0 radical (unpaired) electrons. The number of hydrogen-bond donors (Lipinski definition) is 1. The summed E-state index contributed by atoms with van der Waals surface area (Å²) >= 11 is 0. The number of nitro benzene ring substituents is 1. The van der Waals surface area contributed by atoms with E-state index >= 15 is 0 Å². The minimum Gasteiger partial charge on any atom is -0.314 e. The van der Waals surface area contributed by atoms with Gasteiger partial charge < -0.3 is 5.32 Å². The number of non-ortho nitro benzene ring substituents is 1. The van der Waals surface area contributed by atoms with Crippen molar-refractivity contribution in [2.45, 2.75) is 12.5 Å². The summed E-state index contributed by atoms with van der Waals surface area (Å²) in [5.74, 6) is -0.848. The third-order valence-corrected chi connectivity index (χ3v) is 3.29. The fraction of sp³-hybridized carbons (Fsp3) is 0.500. The minimum atomic E-state index is -2.82. The van der Waals surface area contributed by atoms with Crippen LogP contribution in [-0.4, -0.2) is 42.4 Å². The van der Waals surface area contributed by atoms with Crippen molar-refractivity contribution in [2.75, 3.05) is 26.2 Å². The summed E-state index contributed by atoms with van der Waals surface area (Å²) in [6, 6.07) is 1.27. The van der Waals surface area contributed by atoms with Crippen LogP contribution in [-0.2, 0) is 0 Å². The van der Waals surface area contributed by atoms with E-state index in [1.807, 2.05) is 0 Å². The first-order valence-electron chi connectivity index (χ1n) is 6.17. The van der Waals surface area contributed by atoms with Crippen LogP contribution in [0.2, 0.25) is 0 Å². The van der Waals surface area contributed by atoms with Gasteiger partial charge in [0, 0.05) is 43.9 Å². The monoisotopic (exact) mass is 361 g/mol. The molecule has 0 spiro atoms. The number of alkyl halides is 2. The topological polar surface area (TPSA) is 58.4 Å². The molecule has 1 saturated heterocycles. The maximum Gasteiger partial charge on any atom is 0.269 e. The van der Waals surface area contributed by atoms with Crippen LogP contribution in [0.3, 0.4) is 0 Å². The van der Waals surface area contributed by atoms with Gasteiger partial charge in [-0.15, -0.1) is 24.8 Å². The Kier molecular flexibility index (Phi) is 8.69. The molecule has 1 aromatic carbocycles. The van der Waals surface area contributed by atoms with Crippen LogP contribution < -0.4 is 5.32 Å². The second-order valence-corrected chi connectivity index (χ2v) is 4.53. The van der Waals surface area contributed by atoms with Gasteiger partial charge in [0.05, 0.1) is 11.0 Å². The van der Waals surface area contributed by atoms with E-state index in [1.54, 1.807) is 0 Å². The number of hydrogen-bond acceptors (Lipinski definition) is 4. The van der Waals surface area contributed by atoms with Gasteiger partial charge in [-0.2, -0.15) is 0 Å². The Morgan fingerprint density at radius 2 is 1.82 bits per heavy atom. The molecule has 2 rings (SSSR count). The van der Waals surface area contributed by atoms with Crippen LogP contribution in [0.1, 0.15) is 11.6 Å². The molecule has 1 N–H and O–H groups in total. The molecule has 0 bridgehead atoms. The third-order valence-electron chi connectivity index (χ3n) is 3.29. The van der Waals surface area contributed by atoms with Crippen molar-refractivity contribution in [3.05, 3.63) is 39.7 Å². The van der Waals surface area contributed by atoms with Gasteiger partial charge in [0.2, 0.25) is 0 Å². The van der Waals surface area contributed by atoms with Crippen LogP contribution in [0.5, 0.6) is 0 Å². The van der Waals surface area contributed by atoms with Gasteiger partial charge in [-0.1, -0.05) is 0 Å². The molecule has 22 heavy (non-hydrogen) atoms. The molecule has 126 valence electrons. The number of piperazine rings is 1. The van der Waals surface area contributed by atoms with E-state index in [4.69, 9.17) is 0 Å². The van der Waals surface area contributed by atoms with Gasteiger partial charge in [-0.05, 0) is 6.07 Å². The van der Waals surface area contributed by atoms with Crippen LogP contribution in [0, 0.1) is 15.9 Å². The SMILES string of the molecule is Cl.Cl.O=[N+]([O-])c1ccc(F)c([C@H](C(F)F)N2CCNCC2)c1. The first-order valence-corrected chi connectivity index (χ1v) is 6.17. The summed E-state index contributed by atoms with van der Waals surface area (Å²) in [4.78, 5) is 11.4. The van der Waals surface area contributed by atoms with Crippen LogP contribution in [0.15, 0.2) is 18.2 Å². The second-order valence-electron chi connectivity index (χ2n) is 4.53. The molecular weight excluding hydrogens is 346 g/mol. The largest absolute Gasteiger partial charge is 0.314 e. The van der Waals surface area contributed by atoms with Crippen molar-refractivity contribution in [1.29, 1.82) is 0 Å². The Morgan fingerprint density at radius 1 is 1.23 bits per heavy atom. The van der Waals surface area contributed by atoms with Crippen LogP contribution >= 0.6 is 24.8 Å². The second kappa shape index (κ2) is 9.14. The standard InChI is InChI=1S/C12H14F3N3O2.2ClH/c13-10-2-1-8(18(19)20)7-9(10)11(12(14)15)17-5-3-16-4-6-17;;/h1-2,7,11-12,16H,3-6H2;2*1H/t11-;;/m1../s1. The average molecular weight is 362 g/mol. The third kappa shape index (κ3) is 4.70. The maximum atomic E-state index is 13.8. The summed E-state index contributed by atoms with van der Waals surface area (Å²) in [5, 5.41) is 13.7. The first-order chi connectivity index (χ1) is 9.50. The highest BCUT2D eigenvalue weighted by molar-refractivity contribution is 5.85. The Hall–Kier alpha value is -1.09. The zero-order chi connectivity index (χ0) is 14.7. The van der Waals surface area contributed by atoms with E-state index in [1.165, 1.54) is 4.90 Å². The summed E-state index contributed by atoms with van der Waals surface area (Å²) < 4.78 is 40.4. The summed E-state index contributed by atoms with van der Waals surface area (Å²) in [7, 11) is 0. The molecule has 10 heteroatoms. The molecule has 1 aliphatic rings. The van der Waals surface area contributed by atoms with E-state index < -0.39 is 23.2 Å². The van der Waals surface area contributed by atoms with Crippen molar-refractivity contribution < 1.29 is 18.1 Å². The Labute approximate surface area is 137 Å². The van der Waals surface area contributed by atoms with Crippen molar-refractivity contribution in [3.63, 3.8) is 0 Å². The number of nitrogens with zero attached hydrogens (tertiary/aromatic N) is 2. The van der Waals surface area contributed by atoms with Crippen molar-refractivity contribution >= 4 is 30.5 Å². The van der Waals surface area contributed by atoms with Gasteiger partial charge >= 0.3 is 0 Å². The van der Waals surface area contributed by atoms with Gasteiger partial charge in [-0.3, -0.25) is 15.0 Å². The molecule has 0 saturated carbocycles. The van der Waals surface area contributed by atoms with Crippen LogP contribution in [0.4, 0.5) is 18.9 Å². The predicted molar refractivity (Wildman–Crippen MR) is 80.7 cm³/mol. The zero-order valence-corrected chi connectivity index (χ0v) is 13.0. The number of nitrogens with one attached hydrogen (secondary N) is 1. The predicted octanol–water partition coefficient (Wildman–Crippen LogP) is 2.79. The lowest BCUT2D eigenvalue weighted by Crippen LogP contribution is -2.47. The fourth-order valence-electron chi connectivity index (χ4n) is 2.32. The lowest BCUT2D eigenvalue weighted by Gasteiger charge is -2.34. The number of rotatable bonds is 4. The van der Waals surface area contributed by atoms with E-state index in [0.717, 1.165) is 18.2 Å². The molecular formula is C12H16Cl2F3N3O2. The van der Waals surface area contributed by atoms with Crippen molar-refractivity contribution in [3.8, 4) is 0 Å². The number of halogens is 5. The summed E-state index contributed by atoms with van der Waals surface area (Å²) in [6.07, 6.45) is -2.82. The highest BCUT2D eigenvalue weighted by Gasteiger charge is 2.33. The molecule has 0 aromatic heterocycles. The molecule has 0 unspecified atom stereocenters. The van der Waals surface area contributed by atoms with Gasteiger partial charge in [0.1, 0.15) is 5.82 Å². The first kappa shape index (κ1) is 20.9. The number of benzene rings is 1. The molecule has 1 heterocycles. The van der Waals surface area contributed by atoms with Gasteiger partial charge in [-0.25, -0.2) is 13.2 Å². The Balaban J connectivity index is 0.00000220. The number of nitro groups is 1. The molecule has 1 aliphatic heterocycles. The van der Waals surface area contributed by atoms with E-state index in [0.29, 0.717) is 26.2 Å². The highest BCUT2D eigenvalue weighted by atomic mass is 35.5. The smallest absolute Gasteiger partial charge is 0.269 e. The fourth-order valence-corrected chi connectivity index (χ4v) is 2.32. The quantitative estimate of drug-likeness (QED) is 0.661. The lowest BCUT2D eigenvalue weighted by atomic mass is 10.0. The minimum absolute atomic E-state index is 0. The highest BCUT2D eigenvalue weighted by Crippen LogP contribution is 2.32. The van der Waals surface area contributed by atoms with Gasteiger partial charge in [0.15, 0.2) is 0 Å². The molecule has 1 atom stereocenters. The lowest BCUT2D eigenvalue weighted by molar-refractivity contribution is -0.385. The molecule has 5 nitrogen and oxygen atoms in total. The Morgan fingerprint density at radius 3 is 2.32 bits per heavy atom. The van der Waals surface area contributed by atoms with Crippen LogP contribution in [0.25, 0.3) is 0 Å². The molecule has 1 fully saturated rings. The van der Waals surface area contributed by atoms with Crippen molar-refractivity contribution in [2.24, 2.45) is 0 Å². The van der Waals surface area contributed by atoms with E-state index in [-0.39, 0.29) is 36.1 Å². The van der Waals surface area contributed by atoms with E-state index in [9.17, 15) is 23.3 Å². The van der Waals surface area contributed by atoms with Crippen molar-refractivity contribution in [1.82, 2.24) is 10.2 Å². The summed E-state index contributed by atoms with van der Waals surface area (Å²) in [5.41, 5.74) is -0.710. The Bertz CT molecular complexity index is 503.